The summed E-state index contributed by atoms with van der Waals surface area (Å²) in [6.45, 7) is 8.28. The summed E-state index contributed by atoms with van der Waals surface area (Å²) < 4.78 is 5.41. The Morgan fingerprint density at radius 1 is 1.45 bits per heavy atom. The molecule has 1 aromatic heterocycles. The molecule has 0 aromatic carbocycles. The molecule has 0 aliphatic carbocycles. The lowest BCUT2D eigenvalue weighted by Gasteiger charge is -1.97. The van der Waals surface area contributed by atoms with E-state index in [1.54, 1.807) is 0 Å². The van der Waals surface area contributed by atoms with E-state index in [9.17, 15) is 0 Å². The average molecular weight is 153 g/mol. The van der Waals surface area contributed by atoms with Crippen LogP contribution < -0.4 is 0 Å². The SMILES string of the molecule is CCc1nc(C(C)C)c(C)o1. The third-order valence-corrected chi connectivity index (χ3v) is 1.73. The smallest absolute Gasteiger partial charge is 0.194 e. The first-order valence-corrected chi connectivity index (χ1v) is 4.11. The summed E-state index contributed by atoms with van der Waals surface area (Å²) in [6, 6.07) is 0. The van der Waals surface area contributed by atoms with Crippen LogP contribution in [0.3, 0.4) is 0 Å². The van der Waals surface area contributed by atoms with Gasteiger partial charge in [0.1, 0.15) is 5.76 Å². The molecule has 0 saturated carbocycles. The fraction of sp³-hybridized carbons (Fsp3) is 0.667. The number of oxazole rings is 1. The molecule has 0 unspecified atom stereocenters. The first-order chi connectivity index (χ1) is 5.15. The van der Waals surface area contributed by atoms with Gasteiger partial charge in [-0.15, -0.1) is 0 Å². The maximum absolute atomic E-state index is 5.41. The fourth-order valence-corrected chi connectivity index (χ4v) is 1.15. The Morgan fingerprint density at radius 2 is 2.09 bits per heavy atom. The summed E-state index contributed by atoms with van der Waals surface area (Å²) in [4.78, 5) is 4.36. The third kappa shape index (κ3) is 1.62. The van der Waals surface area contributed by atoms with Gasteiger partial charge in [-0.3, -0.25) is 0 Å². The lowest BCUT2D eigenvalue weighted by atomic mass is 10.1. The van der Waals surface area contributed by atoms with Crippen molar-refractivity contribution in [2.75, 3.05) is 0 Å². The number of hydrogen-bond acceptors (Lipinski definition) is 2. The van der Waals surface area contributed by atoms with E-state index in [4.69, 9.17) is 4.42 Å². The third-order valence-electron chi connectivity index (χ3n) is 1.73. The van der Waals surface area contributed by atoms with Gasteiger partial charge >= 0.3 is 0 Å². The molecule has 2 nitrogen and oxygen atoms in total. The molecule has 1 aromatic rings. The zero-order valence-corrected chi connectivity index (χ0v) is 7.64. The molecule has 0 saturated heterocycles. The molecule has 0 amide bonds. The lowest BCUT2D eigenvalue weighted by Crippen LogP contribution is -1.90. The molecule has 0 fully saturated rings. The van der Waals surface area contributed by atoms with Crippen molar-refractivity contribution in [2.45, 2.75) is 40.0 Å². The Kier molecular flexibility index (Phi) is 2.32. The van der Waals surface area contributed by atoms with E-state index in [0.717, 1.165) is 23.8 Å². The highest BCUT2D eigenvalue weighted by molar-refractivity contribution is 5.11. The van der Waals surface area contributed by atoms with Gasteiger partial charge in [-0.25, -0.2) is 4.98 Å². The van der Waals surface area contributed by atoms with Crippen molar-refractivity contribution in [3.05, 3.63) is 17.3 Å². The molecule has 62 valence electrons. The molecule has 0 radical (unpaired) electrons. The zero-order valence-electron chi connectivity index (χ0n) is 7.64. The molecule has 2 heteroatoms. The van der Waals surface area contributed by atoms with Gasteiger partial charge in [-0.05, 0) is 12.8 Å². The van der Waals surface area contributed by atoms with E-state index in [2.05, 4.69) is 25.8 Å². The summed E-state index contributed by atoms with van der Waals surface area (Å²) in [5.74, 6) is 2.29. The minimum Gasteiger partial charge on any atom is -0.446 e. The summed E-state index contributed by atoms with van der Waals surface area (Å²) in [5.41, 5.74) is 1.10. The standard InChI is InChI=1S/C9H15NO/c1-5-8-10-9(6(2)3)7(4)11-8/h6H,5H2,1-4H3. The van der Waals surface area contributed by atoms with Crippen LogP contribution in [0.15, 0.2) is 4.42 Å². The summed E-state index contributed by atoms with van der Waals surface area (Å²) >= 11 is 0. The maximum Gasteiger partial charge on any atom is 0.194 e. The van der Waals surface area contributed by atoms with E-state index in [-0.39, 0.29) is 0 Å². The van der Waals surface area contributed by atoms with E-state index < -0.39 is 0 Å². The van der Waals surface area contributed by atoms with Gasteiger partial charge in [0.05, 0.1) is 5.69 Å². The van der Waals surface area contributed by atoms with Crippen LogP contribution in [0.1, 0.15) is 44.0 Å². The number of rotatable bonds is 2. The van der Waals surface area contributed by atoms with Gasteiger partial charge < -0.3 is 4.42 Å². The Bertz CT molecular complexity index is 238. The molecular formula is C9H15NO. The first-order valence-electron chi connectivity index (χ1n) is 4.11. The van der Waals surface area contributed by atoms with Gasteiger partial charge in [0.2, 0.25) is 0 Å². The van der Waals surface area contributed by atoms with Gasteiger partial charge in [0.15, 0.2) is 5.89 Å². The van der Waals surface area contributed by atoms with Crippen LogP contribution in [0.5, 0.6) is 0 Å². The van der Waals surface area contributed by atoms with Crippen molar-refractivity contribution < 1.29 is 4.42 Å². The van der Waals surface area contributed by atoms with Crippen LogP contribution in [-0.2, 0) is 6.42 Å². The van der Waals surface area contributed by atoms with Crippen molar-refractivity contribution >= 4 is 0 Å². The maximum atomic E-state index is 5.41. The molecule has 0 aliphatic rings. The van der Waals surface area contributed by atoms with Crippen molar-refractivity contribution in [1.29, 1.82) is 0 Å². The first kappa shape index (κ1) is 8.31. The molecule has 0 aliphatic heterocycles. The number of nitrogens with zero attached hydrogens (tertiary/aromatic N) is 1. The van der Waals surface area contributed by atoms with Crippen LogP contribution >= 0.6 is 0 Å². The van der Waals surface area contributed by atoms with Gasteiger partial charge in [0.25, 0.3) is 0 Å². The Labute approximate surface area is 67.6 Å². The second-order valence-corrected chi connectivity index (χ2v) is 3.06. The fourth-order valence-electron chi connectivity index (χ4n) is 1.15. The molecule has 0 N–H and O–H groups in total. The van der Waals surface area contributed by atoms with Gasteiger partial charge in [-0.1, -0.05) is 20.8 Å². The molecule has 11 heavy (non-hydrogen) atoms. The van der Waals surface area contributed by atoms with Crippen LogP contribution in [0.2, 0.25) is 0 Å². The van der Waals surface area contributed by atoms with E-state index in [1.807, 2.05) is 6.92 Å². The lowest BCUT2D eigenvalue weighted by molar-refractivity contribution is 0.475. The Hall–Kier alpha value is -0.790. The molecule has 1 heterocycles. The van der Waals surface area contributed by atoms with Crippen LogP contribution in [-0.4, -0.2) is 4.98 Å². The summed E-state index contributed by atoms with van der Waals surface area (Å²) in [5, 5.41) is 0. The van der Waals surface area contributed by atoms with Crippen LogP contribution in [0, 0.1) is 6.92 Å². The number of aromatic nitrogens is 1. The van der Waals surface area contributed by atoms with E-state index in [1.165, 1.54) is 0 Å². The highest BCUT2D eigenvalue weighted by Gasteiger charge is 2.10. The molecular weight excluding hydrogens is 138 g/mol. The second-order valence-electron chi connectivity index (χ2n) is 3.06. The summed E-state index contributed by atoms with van der Waals surface area (Å²) in [6.07, 6.45) is 0.882. The Morgan fingerprint density at radius 3 is 2.36 bits per heavy atom. The van der Waals surface area contributed by atoms with Crippen molar-refractivity contribution in [1.82, 2.24) is 4.98 Å². The monoisotopic (exact) mass is 153 g/mol. The van der Waals surface area contributed by atoms with Crippen LogP contribution in [0.25, 0.3) is 0 Å². The zero-order chi connectivity index (χ0) is 8.43. The highest BCUT2D eigenvalue weighted by Crippen LogP contribution is 2.18. The topological polar surface area (TPSA) is 26.0 Å². The molecule has 0 spiro atoms. The Balaban J connectivity index is 2.97. The number of hydrogen-bond donors (Lipinski definition) is 0. The average Bonchev–Trinajstić information content (AvgIpc) is 2.30. The highest BCUT2D eigenvalue weighted by atomic mass is 16.4. The molecule has 0 bridgehead atoms. The summed E-state index contributed by atoms with van der Waals surface area (Å²) in [7, 11) is 0. The van der Waals surface area contributed by atoms with Crippen molar-refractivity contribution in [2.24, 2.45) is 0 Å². The number of aryl methyl sites for hydroxylation is 2. The quantitative estimate of drug-likeness (QED) is 0.652. The van der Waals surface area contributed by atoms with E-state index >= 15 is 0 Å². The molecule has 0 atom stereocenters. The van der Waals surface area contributed by atoms with Crippen LogP contribution in [0.4, 0.5) is 0 Å². The minimum absolute atomic E-state index is 0.471. The van der Waals surface area contributed by atoms with Crippen molar-refractivity contribution in [3.8, 4) is 0 Å². The predicted octanol–water partition coefficient (Wildman–Crippen LogP) is 2.67. The van der Waals surface area contributed by atoms with Gasteiger partial charge in [0, 0.05) is 6.42 Å². The largest absolute Gasteiger partial charge is 0.446 e. The van der Waals surface area contributed by atoms with Crippen molar-refractivity contribution in [3.63, 3.8) is 0 Å². The van der Waals surface area contributed by atoms with E-state index in [0.29, 0.717) is 5.92 Å². The predicted molar refractivity (Wildman–Crippen MR) is 44.7 cm³/mol. The minimum atomic E-state index is 0.471. The molecule has 1 rings (SSSR count). The van der Waals surface area contributed by atoms with Gasteiger partial charge in [-0.2, -0.15) is 0 Å². The second kappa shape index (κ2) is 3.07. The normalized spacial score (nSPS) is 11.0.